The molecule has 4 nitrogen and oxygen atoms in total. The van der Waals surface area contributed by atoms with E-state index >= 15 is 0 Å². The molecule has 0 radical (unpaired) electrons. The molecule has 0 amide bonds. The number of esters is 2. The molecule has 1 aromatic rings. The topological polar surface area (TPSA) is 52.6 Å². The molecular weight excluding hydrogens is 376 g/mol. The highest BCUT2D eigenvalue weighted by Gasteiger charge is 2.28. The summed E-state index contributed by atoms with van der Waals surface area (Å²) in [5, 5.41) is 0. The number of hydrogen-bond acceptors (Lipinski definition) is 4. The van der Waals surface area contributed by atoms with E-state index < -0.39 is 0 Å². The van der Waals surface area contributed by atoms with Crippen LogP contribution in [0.15, 0.2) is 24.3 Å². The Morgan fingerprint density at radius 1 is 0.667 bits per heavy atom. The number of hydrogen-bond donors (Lipinski definition) is 0. The molecule has 0 heterocycles. The van der Waals surface area contributed by atoms with Crippen LogP contribution in [0.3, 0.4) is 0 Å². The Morgan fingerprint density at radius 3 is 1.30 bits per heavy atom. The quantitative estimate of drug-likeness (QED) is 0.350. The summed E-state index contributed by atoms with van der Waals surface area (Å²) >= 11 is 0. The minimum absolute atomic E-state index is 0.0125. The first-order valence-corrected chi connectivity index (χ1v) is 12.1. The van der Waals surface area contributed by atoms with Crippen molar-refractivity contribution in [3.05, 3.63) is 24.3 Å². The first-order valence-electron chi connectivity index (χ1n) is 12.1. The maximum atomic E-state index is 12.5. The number of carbonyl (C=O) groups is 2. The van der Waals surface area contributed by atoms with E-state index in [1.807, 2.05) is 0 Å². The van der Waals surface area contributed by atoms with Gasteiger partial charge < -0.3 is 9.47 Å². The number of rotatable bonds is 8. The molecule has 0 atom stereocenters. The fourth-order valence-electron chi connectivity index (χ4n) is 5.16. The van der Waals surface area contributed by atoms with E-state index in [1.165, 1.54) is 25.7 Å². The molecule has 0 spiro atoms. The second-order valence-corrected chi connectivity index (χ2v) is 9.33. The van der Waals surface area contributed by atoms with Crippen LogP contribution in [0.1, 0.15) is 90.9 Å². The van der Waals surface area contributed by atoms with Gasteiger partial charge in [0.1, 0.15) is 11.5 Å². The fourth-order valence-corrected chi connectivity index (χ4v) is 5.16. The fraction of sp³-hybridized carbons (Fsp3) is 0.692. The van der Waals surface area contributed by atoms with Crippen molar-refractivity contribution in [2.75, 3.05) is 0 Å². The van der Waals surface area contributed by atoms with Crippen molar-refractivity contribution in [3.8, 4) is 11.5 Å². The van der Waals surface area contributed by atoms with Crippen LogP contribution in [-0.4, -0.2) is 11.9 Å². The zero-order valence-electron chi connectivity index (χ0n) is 18.7. The molecule has 0 bridgehead atoms. The first-order chi connectivity index (χ1) is 14.6. The highest BCUT2D eigenvalue weighted by molar-refractivity contribution is 5.76. The lowest BCUT2D eigenvalue weighted by Gasteiger charge is -2.27. The van der Waals surface area contributed by atoms with Crippen molar-refractivity contribution in [3.63, 3.8) is 0 Å². The maximum absolute atomic E-state index is 12.5. The van der Waals surface area contributed by atoms with Crippen molar-refractivity contribution in [1.29, 1.82) is 0 Å². The van der Waals surface area contributed by atoms with Crippen LogP contribution in [0.25, 0.3) is 0 Å². The van der Waals surface area contributed by atoms with E-state index in [0.29, 0.717) is 11.5 Å². The lowest BCUT2D eigenvalue weighted by Crippen LogP contribution is -2.26. The van der Waals surface area contributed by atoms with Gasteiger partial charge >= 0.3 is 11.9 Å². The number of benzene rings is 1. The van der Waals surface area contributed by atoms with Crippen LogP contribution in [0.5, 0.6) is 11.5 Å². The van der Waals surface area contributed by atoms with Crippen molar-refractivity contribution in [1.82, 2.24) is 0 Å². The number of ether oxygens (including phenoxy) is 2. The van der Waals surface area contributed by atoms with Crippen LogP contribution < -0.4 is 9.47 Å². The molecule has 2 aliphatic rings. The van der Waals surface area contributed by atoms with Crippen LogP contribution in [0.4, 0.5) is 0 Å². The summed E-state index contributed by atoms with van der Waals surface area (Å²) in [7, 11) is 0. The molecule has 2 aliphatic carbocycles. The van der Waals surface area contributed by atoms with Crippen molar-refractivity contribution >= 4 is 11.9 Å². The summed E-state index contributed by atoms with van der Waals surface area (Å²) in [6.45, 7) is 4.44. The van der Waals surface area contributed by atoms with Crippen molar-refractivity contribution in [2.24, 2.45) is 23.7 Å². The molecule has 0 aliphatic heterocycles. The maximum Gasteiger partial charge on any atom is 0.314 e. The zero-order valence-corrected chi connectivity index (χ0v) is 18.7. The smallest absolute Gasteiger partial charge is 0.314 e. The van der Waals surface area contributed by atoms with Gasteiger partial charge in [-0.1, -0.05) is 39.5 Å². The Hall–Kier alpha value is -1.84. The Balaban J connectivity index is 1.42. The molecule has 0 saturated heterocycles. The summed E-state index contributed by atoms with van der Waals surface area (Å²) in [5.74, 6) is 2.37. The molecular formula is C26H38O4. The van der Waals surface area contributed by atoms with Gasteiger partial charge in [0.25, 0.3) is 0 Å². The van der Waals surface area contributed by atoms with Crippen LogP contribution in [0.2, 0.25) is 0 Å². The minimum Gasteiger partial charge on any atom is -0.426 e. The molecule has 4 heteroatoms. The van der Waals surface area contributed by atoms with E-state index in [1.54, 1.807) is 24.3 Å². The summed E-state index contributed by atoms with van der Waals surface area (Å²) < 4.78 is 11.2. The predicted molar refractivity (Wildman–Crippen MR) is 118 cm³/mol. The van der Waals surface area contributed by atoms with E-state index in [-0.39, 0.29) is 23.8 Å². The monoisotopic (exact) mass is 414 g/mol. The first kappa shape index (κ1) is 22.8. The average Bonchev–Trinajstić information content (AvgIpc) is 2.76. The molecule has 166 valence electrons. The highest BCUT2D eigenvalue weighted by Crippen LogP contribution is 2.34. The van der Waals surface area contributed by atoms with Gasteiger partial charge in [-0.15, -0.1) is 0 Å². The van der Waals surface area contributed by atoms with Gasteiger partial charge in [0.2, 0.25) is 0 Å². The van der Waals surface area contributed by atoms with E-state index in [2.05, 4.69) is 13.8 Å². The normalized spacial score (nSPS) is 26.7. The summed E-state index contributed by atoms with van der Waals surface area (Å²) in [4.78, 5) is 24.9. The van der Waals surface area contributed by atoms with Gasteiger partial charge in [0, 0.05) is 0 Å². The summed E-state index contributed by atoms with van der Waals surface area (Å²) in [6.07, 6.45) is 13.2. The molecule has 3 rings (SSSR count). The Kier molecular flexibility index (Phi) is 8.77. The third kappa shape index (κ3) is 6.58. The van der Waals surface area contributed by atoms with Gasteiger partial charge in [0.15, 0.2) is 0 Å². The molecule has 30 heavy (non-hydrogen) atoms. The third-order valence-corrected chi connectivity index (χ3v) is 7.01. The SMILES string of the molecule is CCCC1CCC(C(=O)Oc2ccc(OC(=O)C3CCC(CCC)CC3)cc2)CC1. The second-order valence-electron chi connectivity index (χ2n) is 9.33. The van der Waals surface area contributed by atoms with Crippen molar-refractivity contribution < 1.29 is 19.1 Å². The van der Waals surface area contributed by atoms with Crippen LogP contribution in [-0.2, 0) is 9.59 Å². The highest BCUT2D eigenvalue weighted by atomic mass is 16.5. The summed E-state index contributed by atoms with van der Waals surface area (Å²) in [6, 6.07) is 6.89. The summed E-state index contributed by atoms with van der Waals surface area (Å²) in [5.41, 5.74) is 0. The molecule has 2 fully saturated rings. The lowest BCUT2D eigenvalue weighted by atomic mass is 9.80. The lowest BCUT2D eigenvalue weighted by molar-refractivity contribution is -0.141. The Morgan fingerprint density at radius 2 is 1.00 bits per heavy atom. The average molecular weight is 415 g/mol. The molecule has 2 saturated carbocycles. The van der Waals surface area contributed by atoms with Gasteiger partial charge in [-0.3, -0.25) is 9.59 Å². The molecule has 0 aromatic heterocycles. The predicted octanol–water partition coefficient (Wildman–Crippen LogP) is 6.71. The Labute approximate surface area is 181 Å². The minimum atomic E-state index is -0.126. The Bertz CT molecular complexity index is 606. The zero-order chi connectivity index (χ0) is 21.3. The molecule has 0 N–H and O–H groups in total. The molecule has 1 aromatic carbocycles. The van der Waals surface area contributed by atoms with Crippen LogP contribution >= 0.6 is 0 Å². The van der Waals surface area contributed by atoms with E-state index in [9.17, 15) is 9.59 Å². The van der Waals surface area contributed by atoms with Crippen LogP contribution in [0, 0.1) is 23.7 Å². The van der Waals surface area contributed by atoms with E-state index in [0.717, 1.165) is 63.2 Å². The third-order valence-electron chi connectivity index (χ3n) is 7.01. The second kappa shape index (κ2) is 11.5. The molecule has 0 unspecified atom stereocenters. The van der Waals surface area contributed by atoms with Crippen molar-refractivity contribution in [2.45, 2.75) is 90.9 Å². The largest absolute Gasteiger partial charge is 0.426 e. The van der Waals surface area contributed by atoms with Gasteiger partial charge in [-0.2, -0.15) is 0 Å². The van der Waals surface area contributed by atoms with Gasteiger partial charge in [0.05, 0.1) is 11.8 Å². The van der Waals surface area contributed by atoms with Gasteiger partial charge in [-0.25, -0.2) is 0 Å². The van der Waals surface area contributed by atoms with Gasteiger partial charge in [-0.05, 0) is 87.5 Å². The standard InChI is InChI=1S/C26H38O4/c1-3-5-19-7-11-21(12-8-19)25(27)29-23-15-17-24(18-16-23)30-26(28)22-13-9-20(6-4-2)10-14-22/h15-22H,3-14H2,1-2H3. The number of carbonyl (C=O) groups excluding carboxylic acids is 2. The van der Waals surface area contributed by atoms with E-state index in [4.69, 9.17) is 9.47 Å².